The van der Waals surface area contributed by atoms with Gasteiger partial charge in [0, 0.05) is 18.6 Å². The Balaban J connectivity index is 1.94. The maximum atomic E-state index is 4.17. The fourth-order valence-corrected chi connectivity index (χ4v) is 1.04. The van der Waals surface area contributed by atoms with Crippen molar-refractivity contribution in [1.82, 2.24) is 15.0 Å². The zero-order chi connectivity index (χ0) is 8.93. The van der Waals surface area contributed by atoms with Crippen LogP contribution in [0.25, 0.3) is 0 Å². The topological polar surface area (TPSA) is 53.6 Å². The van der Waals surface area contributed by atoms with Gasteiger partial charge in [0.25, 0.3) is 0 Å². The molecule has 0 unspecified atom stereocenters. The maximum absolute atomic E-state index is 4.17. The summed E-state index contributed by atoms with van der Waals surface area (Å²) in [5.41, 5.74) is 0.999. The quantitative estimate of drug-likeness (QED) is 0.739. The van der Waals surface area contributed by atoms with Crippen LogP contribution in [0.3, 0.4) is 0 Å². The van der Waals surface area contributed by atoms with Gasteiger partial charge < -0.3 is 10.3 Å². The van der Waals surface area contributed by atoms with Crippen molar-refractivity contribution in [3.8, 4) is 0 Å². The fourth-order valence-electron chi connectivity index (χ4n) is 1.04. The summed E-state index contributed by atoms with van der Waals surface area (Å²) in [5, 5.41) is 3.11. The van der Waals surface area contributed by atoms with Crippen LogP contribution < -0.4 is 5.32 Å². The van der Waals surface area contributed by atoms with Crippen LogP contribution >= 0.6 is 0 Å². The van der Waals surface area contributed by atoms with Gasteiger partial charge in [-0.1, -0.05) is 6.07 Å². The smallest absolute Gasteiger partial charge is 0.200 e. The van der Waals surface area contributed by atoms with E-state index in [4.69, 9.17) is 0 Å². The summed E-state index contributed by atoms with van der Waals surface area (Å²) in [6.07, 6.45) is 5.26. The van der Waals surface area contributed by atoms with Crippen LogP contribution in [0.5, 0.6) is 0 Å². The van der Waals surface area contributed by atoms with Crippen LogP contribution in [0.15, 0.2) is 36.8 Å². The van der Waals surface area contributed by atoms with Gasteiger partial charge in [-0.15, -0.1) is 0 Å². The Morgan fingerprint density at radius 2 is 2.23 bits per heavy atom. The third-order valence-corrected chi connectivity index (χ3v) is 1.66. The molecule has 0 aliphatic rings. The molecule has 66 valence electrons. The Labute approximate surface area is 76.1 Å². The lowest BCUT2D eigenvalue weighted by atomic mass is 10.3. The molecule has 4 heteroatoms. The van der Waals surface area contributed by atoms with Gasteiger partial charge in [-0.05, 0) is 12.1 Å². The molecular formula is C9H10N4. The summed E-state index contributed by atoms with van der Waals surface area (Å²) in [7, 11) is 0. The Morgan fingerprint density at radius 3 is 2.92 bits per heavy atom. The summed E-state index contributed by atoms with van der Waals surface area (Å²) in [5.74, 6) is 0.769. The molecule has 0 radical (unpaired) electrons. The van der Waals surface area contributed by atoms with Crippen molar-refractivity contribution < 1.29 is 0 Å². The predicted octanol–water partition coefficient (Wildman–Crippen LogP) is 1.42. The highest BCUT2D eigenvalue weighted by molar-refractivity contribution is 5.24. The van der Waals surface area contributed by atoms with Crippen molar-refractivity contribution in [2.45, 2.75) is 6.54 Å². The molecule has 2 aromatic rings. The van der Waals surface area contributed by atoms with E-state index in [1.54, 1.807) is 18.6 Å². The third kappa shape index (κ3) is 2.05. The normalized spacial score (nSPS) is 9.85. The van der Waals surface area contributed by atoms with Crippen LogP contribution in [-0.2, 0) is 6.54 Å². The second-order valence-corrected chi connectivity index (χ2v) is 2.61. The van der Waals surface area contributed by atoms with Gasteiger partial charge in [0.1, 0.15) is 0 Å². The molecule has 0 saturated carbocycles. The molecule has 0 aromatic carbocycles. The lowest BCUT2D eigenvalue weighted by Crippen LogP contribution is -2.02. The van der Waals surface area contributed by atoms with E-state index in [2.05, 4.69) is 20.3 Å². The van der Waals surface area contributed by atoms with Crippen LogP contribution in [0.4, 0.5) is 5.95 Å². The SMILES string of the molecule is c1ccc(CNc2ncc[nH]2)nc1. The Kier molecular flexibility index (Phi) is 2.22. The monoisotopic (exact) mass is 174 g/mol. The fraction of sp³-hybridized carbons (Fsp3) is 0.111. The molecule has 13 heavy (non-hydrogen) atoms. The first-order valence-corrected chi connectivity index (χ1v) is 4.08. The van der Waals surface area contributed by atoms with Gasteiger partial charge in [0.2, 0.25) is 0 Å². The van der Waals surface area contributed by atoms with E-state index >= 15 is 0 Å². The van der Waals surface area contributed by atoms with Gasteiger partial charge in [-0.25, -0.2) is 4.98 Å². The number of imidazole rings is 1. The molecule has 4 nitrogen and oxygen atoms in total. The van der Waals surface area contributed by atoms with Crippen molar-refractivity contribution in [3.05, 3.63) is 42.5 Å². The molecule has 0 atom stereocenters. The first-order valence-electron chi connectivity index (χ1n) is 4.08. The van der Waals surface area contributed by atoms with Crippen LogP contribution in [-0.4, -0.2) is 15.0 Å². The molecule has 0 aliphatic heterocycles. The predicted molar refractivity (Wildman–Crippen MR) is 50.2 cm³/mol. The van der Waals surface area contributed by atoms with Crippen molar-refractivity contribution >= 4 is 5.95 Å². The van der Waals surface area contributed by atoms with Crippen molar-refractivity contribution in [2.24, 2.45) is 0 Å². The van der Waals surface area contributed by atoms with Crippen molar-refractivity contribution in [2.75, 3.05) is 5.32 Å². The Morgan fingerprint density at radius 1 is 1.23 bits per heavy atom. The molecule has 2 heterocycles. The van der Waals surface area contributed by atoms with Crippen LogP contribution in [0, 0.1) is 0 Å². The zero-order valence-corrected chi connectivity index (χ0v) is 7.07. The molecule has 0 spiro atoms. The molecule has 0 aliphatic carbocycles. The van der Waals surface area contributed by atoms with E-state index in [1.165, 1.54) is 0 Å². The van der Waals surface area contributed by atoms with Gasteiger partial charge in [-0.3, -0.25) is 4.98 Å². The number of nitrogens with zero attached hydrogens (tertiary/aromatic N) is 2. The number of hydrogen-bond acceptors (Lipinski definition) is 3. The van der Waals surface area contributed by atoms with E-state index in [9.17, 15) is 0 Å². The Bertz CT molecular complexity index is 341. The van der Waals surface area contributed by atoms with Gasteiger partial charge in [0.05, 0.1) is 12.2 Å². The lowest BCUT2D eigenvalue weighted by molar-refractivity contribution is 1.02. The van der Waals surface area contributed by atoms with E-state index in [0.29, 0.717) is 6.54 Å². The second-order valence-electron chi connectivity index (χ2n) is 2.61. The standard InChI is InChI=1S/C9H10N4/c1-2-4-10-8(3-1)7-13-9-11-5-6-12-9/h1-6H,7H2,(H2,11,12,13). The summed E-state index contributed by atoms with van der Waals surface area (Å²) in [4.78, 5) is 11.2. The summed E-state index contributed by atoms with van der Waals surface area (Å²) in [6, 6.07) is 5.83. The third-order valence-electron chi connectivity index (χ3n) is 1.66. The van der Waals surface area contributed by atoms with Gasteiger partial charge >= 0.3 is 0 Å². The summed E-state index contributed by atoms with van der Waals surface area (Å²) in [6.45, 7) is 0.689. The Hall–Kier alpha value is -1.84. The highest BCUT2D eigenvalue weighted by Crippen LogP contribution is 1.99. The minimum atomic E-state index is 0.689. The molecular weight excluding hydrogens is 164 g/mol. The minimum Gasteiger partial charge on any atom is -0.350 e. The molecule has 2 rings (SSSR count). The zero-order valence-electron chi connectivity index (χ0n) is 7.07. The van der Waals surface area contributed by atoms with E-state index in [0.717, 1.165) is 11.6 Å². The number of hydrogen-bond donors (Lipinski definition) is 2. The molecule has 2 aromatic heterocycles. The van der Waals surface area contributed by atoms with E-state index < -0.39 is 0 Å². The van der Waals surface area contributed by atoms with E-state index in [-0.39, 0.29) is 0 Å². The van der Waals surface area contributed by atoms with Crippen molar-refractivity contribution in [3.63, 3.8) is 0 Å². The molecule has 0 saturated heterocycles. The van der Waals surface area contributed by atoms with Gasteiger partial charge in [-0.2, -0.15) is 0 Å². The molecule has 0 amide bonds. The lowest BCUT2D eigenvalue weighted by Gasteiger charge is -2.00. The van der Waals surface area contributed by atoms with Gasteiger partial charge in [0.15, 0.2) is 5.95 Å². The minimum absolute atomic E-state index is 0.689. The van der Waals surface area contributed by atoms with E-state index in [1.807, 2.05) is 18.2 Å². The highest BCUT2D eigenvalue weighted by atomic mass is 15.1. The number of pyridine rings is 1. The number of rotatable bonds is 3. The average molecular weight is 174 g/mol. The maximum Gasteiger partial charge on any atom is 0.200 e. The highest BCUT2D eigenvalue weighted by Gasteiger charge is 1.94. The first-order chi connectivity index (χ1) is 6.45. The summed E-state index contributed by atoms with van der Waals surface area (Å²) < 4.78 is 0. The first kappa shape index (κ1) is 7.79. The molecule has 0 fully saturated rings. The summed E-state index contributed by atoms with van der Waals surface area (Å²) >= 11 is 0. The number of H-pyrrole nitrogens is 1. The van der Waals surface area contributed by atoms with Crippen LogP contribution in [0.1, 0.15) is 5.69 Å². The molecule has 2 N–H and O–H groups in total. The van der Waals surface area contributed by atoms with Crippen LogP contribution in [0.2, 0.25) is 0 Å². The molecule has 0 bridgehead atoms. The second kappa shape index (κ2) is 3.71. The number of aromatic nitrogens is 3. The number of aromatic amines is 1. The van der Waals surface area contributed by atoms with Crippen molar-refractivity contribution in [1.29, 1.82) is 0 Å². The number of anilines is 1. The largest absolute Gasteiger partial charge is 0.350 e. The number of nitrogens with one attached hydrogen (secondary N) is 2. The average Bonchev–Trinajstić information content (AvgIpc) is 2.69.